The predicted octanol–water partition coefficient (Wildman–Crippen LogP) is 2.88. The summed E-state index contributed by atoms with van der Waals surface area (Å²) in [5.41, 5.74) is 1.40. The van der Waals surface area contributed by atoms with Crippen molar-refractivity contribution in [3.8, 4) is 34.4 Å². The molecule has 1 aliphatic rings. The monoisotopic (exact) mass is 424 g/mol. The molecule has 9 heteroatoms. The molecule has 162 valence electrons. The summed E-state index contributed by atoms with van der Waals surface area (Å²) in [6.07, 6.45) is 1.32. The minimum Gasteiger partial charge on any atom is -0.508 e. The molecule has 0 bridgehead atoms. The Hall–Kier alpha value is -3.75. The number of aromatic hydroxyl groups is 1. The minimum absolute atomic E-state index is 0.106. The molecule has 0 spiro atoms. The summed E-state index contributed by atoms with van der Waals surface area (Å²) < 4.78 is 18.0. The molecule has 9 nitrogen and oxygen atoms in total. The number of benzene rings is 2. The zero-order chi connectivity index (χ0) is 22.0. The van der Waals surface area contributed by atoms with Crippen LogP contribution < -0.4 is 19.5 Å². The van der Waals surface area contributed by atoms with E-state index in [1.54, 1.807) is 36.4 Å². The van der Waals surface area contributed by atoms with Crippen LogP contribution in [0.3, 0.4) is 0 Å². The van der Waals surface area contributed by atoms with Crippen LogP contribution in [0.15, 0.2) is 36.4 Å². The van der Waals surface area contributed by atoms with Gasteiger partial charge in [-0.15, -0.1) is 10.2 Å². The van der Waals surface area contributed by atoms with Crippen molar-refractivity contribution in [2.24, 2.45) is 5.92 Å². The second-order valence-electron chi connectivity index (χ2n) is 7.24. The van der Waals surface area contributed by atoms with E-state index in [4.69, 9.17) is 14.2 Å². The van der Waals surface area contributed by atoms with Crippen molar-refractivity contribution in [2.75, 3.05) is 26.6 Å². The number of nitrogens with one attached hydrogen (secondary N) is 1. The third-order valence-corrected chi connectivity index (χ3v) is 5.38. The molecule has 4 rings (SSSR count). The maximum absolute atomic E-state index is 13.0. The molecule has 0 fully saturated rings. The number of aromatic nitrogens is 3. The first-order chi connectivity index (χ1) is 15.0. The Morgan fingerprint density at radius 3 is 2.35 bits per heavy atom. The van der Waals surface area contributed by atoms with Crippen LogP contribution in [0.1, 0.15) is 12.2 Å². The normalized spacial score (nSPS) is 15.1. The number of methoxy groups -OCH3 is 3. The molecule has 2 aromatic carbocycles. The van der Waals surface area contributed by atoms with Gasteiger partial charge in [-0.25, -0.2) is 0 Å². The average molecular weight is 424 g/mol. The van der Waals surface area contributed by atoms with Gasteiger partial charge in [0.1, 0.15) is 11.6 Å². The van der Waals surface area contributed by atoms with Crippen molar-refractivity contribution in [1.82, 2.24) is 14.8 Å². The lowest BCUT2D eigenvalue weighted by Crippen LogP contribution is -2.31. The van der Waals surface area contributed by atoms with Gasteiger partial charge in [0.2, 0.25) is 11.7 Å². The van der Waals surface area contributed by atoms with Crippen molar-refractivity contribution >= 4 is 11.6 Å². The lowest BCUT2D eigenvalue weighted by Gasteiger charge is -2.24. The van der Waals surface area contributed by atoms with Gasteiger partial charge in [-0.2, -0.15) is 0 Å². The molecule has 3 aromatic rings. The summed E-state index contributed by atoms with van der Waals surface area (Å²) >= 11 is 0. The zero-order valence-corrected chi connectivity index (χ0v) is 17.6. The van der Waals surface area contributed by atoms with E-state index in [0.29, 0.717) is 48.1 Å². The standard InChI is InChI=1S/C22H24N4O5/c1-29-17-10-15(11-18(30-2)20(17)31-3)23-22(28)14-6-9-19-24-25-21(26(19)12-14)13-4-7-16(27)8-5-13/h4-5,7-8,10-11,14,27H,6,9,12H2,1-3H3,(H,23,28). The molecule has 0 radical (unpaired) electrons. The molecule has 31 heavy (non-hydrogen) atoms. The van der Waals surface area contributed by atoms with Gasteiger partial charge in [0.05, 0.1) is 27.2 Å². The molecule has 0 saturated carbocycles. The first kappa shape index (κ1) is 20.5. The van der Waals surface area contributed by atoms with Gasteiger partial charge < -0.3 is 29.2 Å². The number of anilines is 1. The highest BCUT2D eigenvalue weighted by Gasteiger charge is 2.28. The number of carbonyl (C=O) groups is 1. The molecule has 2 heterocycles. The minimum atomic E-state index is -0.251. The maximum atomic E-state index is 13.0. The summed E-state index contributed by atoms with van der Waals surface area (Å²) in [7, 11) is 4.59. The smallest absolute Gasteiger partial charge is 0.229 e. The van der Waals surface area contributed by atoms with Crippen molar-refractivity contribution in [2.45, 2.75) is 19.4 Å². The number of aryl methyl sites for hydroxylation is 1. The lowest BCUT2D eigenvalue weighted by molar-refractivity contribution is -0.120. The number of rotatable bonds is 6. The topological polar surface area (TPSA) is 108 Å². The fourth-order valence-corrected chi connectivity index (χ4v) is 3.76. The lowest BCUT2D eigenvalue weighted by atomic mass is 9.98. The molecular formula is C22H24N4O5. The van der Waals surface area contributed by atoms with Gasteiger partial charge in [0.15, 0.2) is 17.3 Å². The number of fused-ring (bicyclic) bond motifs is 1. The number of ether oxygens (including phenoxy) is 3. The Labute approximate surface area is 179 Å². The highest BCUT2D eigenvalue weighted by molar-refractivity contribution is 5.93. The van der Waals surface area contributed by atoms with E-state index in [1.165, 1.54) is 21.3 Å². The Morgan fingerprint density at radius 1 is 1.06 bits per heavy atom. The van der Waals surface area contributed by atoms with E-state index in [9.17, 15) is 9.90 Å². The number of phenolic OH excluding ortho intramolecular Hbond substituents is 1. The molecular weight excluding hydrogens is 400 g/mol. The van der Waals surface area contributed by atoms with E-state index in [-0.39, 0.29) is 17.6 Å². The van der Waals surface area contributed by atoms with Gasteiger partial charge in [0, 0.05) is 36.3 Å². The van der Waals surface area contributed by atoms with Crippen LogP contribution >= 0.6 is 0 Å². The summed E-state index contributed by atoms with van der Waals surface area (Å²) in [4.78, 5) is 13.0. The summed E-state index contributed by atoms with van der Waals surface area (Å²) in [6.45, 7) is 0.467. The van der Waals surface area contributed by atoms with Crippen LogP contribution in [0, 0.1) is 5.92 Å². The fourth-order valence-electron chi connectivity index (χ4n) is 3.76. The number of amides is 1. The number of nitrogens with zero attached hydrogens (tertiary/aromatic N) is 3. The predicted molar refractivity (Wildman–Crippen MR) is 114 cm³/mol. The average Bonchev–Trinajstić information content (AvgIpc) is 3.22. The van der Waals surface area contributed by atoms with Crippen molar-refractivity contribution in [1.29, 1.82) is 0 Å². The molecule has 1 aromatic heterocycles. The van der Waals surface area contributed by atoms with Crippen molar-refractivity contribution in [3.63, 3.8) is 0 Å². The molecule has 1 aliphatic heterocycles. The Morgan fingerprint density at radius 2 is 1.74 bits per heavy atom. The van der Waals surface area contributed by atoms with Gasteiger partial charge >= 0.3 is 0 Å². The van der Waals surface area contributed by atoms with Crippen LogP contribution in [0.25, 0.3) is 11.4 Å². The molecule has 1 atom stereocenters. The Bertz CT molecular complexity index is 1070. The zero-order valence-electron chi connectivity index (χ0n) is 17.6. The highest BCUT2D eigenvalue weighted by atomic mass is 16.5. The van der Waals surface area contributed by atoms with E-state index in [2.05, 4.69) is 15.5 Å². The first-order valence-corrected chi connectivity index (χ1v) is 9.86. The SMILES string of the molecule is COc1cc(NC(=O)C2CCc3nnc(-c4ccc(O)cc4)n3C2)cc(OC)c1OC. The molecule has 0 aliphatic carbocycles. The molecule has 1 amide bonds. The fraction of sp³-hybridized carbons (Fsp3) is 0.318. The van der Waals surface area contributed by atoms with Crippen LogP contribution in [0.4, 0.5) is 5.69 Å². The number of hydrogen-bond donors (Lipinski definition) is 2. The largest absolute Gasteiger partial charge is 0.508 e. The second kappa shape index (κ2) is 8.55. The van der Waals surface area contributed by atoms with Gasteiger partial charge in [-0.1, -0.05) is 0 Å². The second-order valence-corrected chi connectivity index (χ2v) is 7.24. The molecule has 1 unspecified atom stereocenters. The molecule has 2 N–H and O–H groups in total. The van der Waals surface area contributed by atoms with Crippen molar-refractivity contribution in [3.05, 3.63) is 42.2 Å². The van der Waals surface area contributed by atoms with Crippen molar-refractivity contribution < 1.29 is 24.1 Å². The van der Waals surface area contributed by atoms with Crippen LogP contribution in [-0.4, -0.2) is 47.1 Å². The number of hydrogen-bond acceptors (Lipinski definition) is 7. The van der Waals surface area contributed by atoms with Gasteiger partial charge in [-0.05, 0) is 30.7 Å². The van der Waals surface area contributed by atoms with E-state index < -0.39 is 0 Å². The third-order valence-electron chi connectivity index (χ3n) is 5.38. The van der Waals surface area contributed by atoms with E-state index in [0.717, 1.165) is 11.4 Å². The number of carbonyl (C=O) groups excluding carboxylic acids is 1. The Kier molecular flexibility index (Phi) is 5.66. The van der Waals surface area contributed by atoms with Crippen LogP contribution in [0.2, 0.25) is 0 Å². The van der Waals surface area contributed by atoms with Crippen LogP contribution in [0.5, 0.6) is 23.0 Å². The summed E-state index contributed by atoms with van der Waals surface area (Å²) in [5.74, 6) is 2.76. The maximum Gasteiger partial charge on any atom is 0.229 e. The highest BCUT2D eigenvalue weighted by Crippen LogP contribution is 2.40. The Balaban J connectivity index is 1.55. The first-order valence-electron chi connectivity index (χ1n) is 9.86. The number of phenols is 1. The molecule has 0 saturated heterocycles. The third kappa shape index (κ3) is 3.98. The van der Waals surface area contributed by atoms with Gasteiger partial charge in [0.25, 0.3) is 0 Å². The quantitative estimate of drug-likeness (QED) is 0.626. The van der Waals surface area contributed by atoms with Gasteiger partial charge in [-0.3, -0.25) is 4.79 Å². The summed E-state index contributed by atoms with van der Waals surface area (Å²) in [6, 6.07) is 10.2. The van der Waals surface area contributed by atoms with E-state index >= 15 is 0 Å². The summed E-state index contributed by atoms with van der Waals surface area (Å²) in [5, 5.41) is 21.1. The van der Waals surface area contributed by atoms with Crippen LogP contribution in [-0.2, 0) is 17.8 Å². The van der Waals surface area contributed by atoms with E-state index in [1.807, 2.05) is 4.57 Å².